The number of amides is 1. The van der Waals surface area contributed by atoms with Crippen molar-refractivity contribution in [3.63, 3.8) is 0 Å². The van der Waals surface area contributed by atoms with E-state index in [1.54, 1.807) is 0 Å². The van der Waals surface area contributed by atoms with Gasteiger partial charge in [-0.2, -0.15) is 0 Å². The third-order valence-electron chi connectivity index (χ3n) is 2.19. The minimum atomic E-state index is -1.57. The number of nitrogens with one attached hydrogen (secondary N) is 1. The molecule has 1 aromatic carbocycles. The van der Waals surface area contributed by atoms with Crippen LogP contribution in [0.4, 0.5) is 18.9 Å². The van der Waals surface area contributed by atoms with E-state index >= 15 is 0 Å². The van der Waals surface area contributed by atoms with Crippen LogP contribution in [0.2, 0.25) is 0 Å². The normalized spacial score (nSPS) is 12.3. The van der Waals surface area contributed by atoms with Crippen molar-refractivity contribution in [2.24, 2.45) is 5.73 Å². The van der Waals surface area contributed by atoms with Gasteiger partial charge in [0.1, 0.15) is 0 Å². The van der Waals surface area contributed by atoms with Gasteiger partial charge in [-0.15, -0.1) is 0 Å². The van der Waals surface area contributed by atoms with E-state index in [0.29, 0.717) is 25.0 Å². The standard InChI is InChI=1S/C11H13F3N2O/c1-2-3-9(15)11(17)16-6-4-7(12)10(14)8(13)5-6/h4-5,9H,2-3,15H2,1H3,(H,16,17). The first kappa shape index (κ1) is 13.5. The molecule has 1 aromatic rings. The van der Waals surface area contributed by atoms with Gasteiger partial charge in [-0.3, -0.25) is 4.79 Å². The molecule has 3 N–H and O–H groups in total. The molecule has 1 rings (SSSR count). The van der Waals surface area contributed by atoms with Crippen molar-refractivity contribution in [2.45, 2.75) is 25.8 Å². The highest BCUT2D eigenvalue weighted by atomic mass is 19.2. The summed E-state index contributed by atoms with van der Waals surface area (Å²) < 4.78 is 38.3. The molecule has 1 atom stereocenters. The van der Waals surface area contributed by atoms with Crippen molar-refractivity contribution in [1.29, 1.82) is 0 Å². The topological polar surface area (TPSA) is 55.1 Å². The summed E-state index contributed by atoms with van der Waals surface area (Å²) in [7, 11) is 0. The molecule has 6 heteroatoms. The molecule has 1 amide bonds. The number of carbonyl (C=O) groups is 1. The average molecular weight is 246 g/mol. The van der Waals surface area contributed by atoms with Crippen LogP contribution in [0.3, 0.4) is 0 Å². The molecular weight excluding hydrogens is 233 g/mol. The smallest absolute Gasteiger partial charge is 0.241 e. The van der Waals surface area contributed by atoms with Crippen LogP contribution in [0, 0.1) is 17.5 Å². The Hall–Kier alpha value is -1.56. The lowest BCUT2D eigenvalue weighted by Gasteiger charge is -2.11. The molecule has 0 heterocycles. The van der Waals surface area contributed by atoms with Gasteiger partial charge in [0.05, 0.1) is 6.04 Å². The minimum Gasteiger partial charge on any atom is -0.325 e. The van der Waals surface area contributed by atoms with Crippen molar-refractivity contribution in [3.8, 4) is 0 Å². The summed E-state index contributed by atoms with van der Waals surface area (Å²) in [6.45, 7) is 1.85. The fraction of sp³-hybridized carbons (Fsp3) is 0.364. The lowest BCUT2D eigenvalue weighted by molar-refractivity contribution is -0.117. The van der Waals surface area contributed by atoms with Crippen LogP contribution in [0.15, 0.2) is 12.1 Å². The molecule has 0 aliphatic carbocycles. The Labute approximate surface area is 96.8 Å². The maximum Gasteiger partial charge on any atom is 0.241 e. The van der Waals surface area contributed by atoms with Gasteiger partial charge in [-0.1, -0.05) is 13.3 Å². The van der Waals surface area contributed by atoms with Crippen LogP contribution < -0.4 is 11.1 Å². The van der Waals surface area contributed by atoms with E-state index in [1.165, 1.54) is 0 Å². The van der Waals surface area contributed by atoms with Gasteiger partial charge >= 0.3 is 0 Å². The molecule has 0 aliphatic heterocycles. The Morgan fingerprint density at radius 1 is 1.35 bits per heavy atom. The maximum atomic E-state index is 12.8. The Bertz CT molecular complexity index is 400. The molecule has 3 nitrogen and oxygen atoms in total. The quantitative estimate of drug-likeness (QED) is 0.800. The Balaban J connectivity index is 2.79. The Morgan fingerprint density at radius 3 is 2.35 bits per heavy atom. The largest absolute Gasteiger partial charge is 0.325 e. The number of hydrogen-bond acceptors (Lipinski definition) is 2. The van der Waals surface area contributed by atoms with E-state index in [0.717, 1.165) is 0 Å². The van der Waals surface area contributed by atoms with Gasteiger partial charge in [-0.25, -0.2) is 13.2 Å². The van der Waals surface area contributed by atoms with Gasteiger partial charge in [0.25, 0.3) is 0 Å². The summed E-state index contributed by atoms with van der Waals surface area (Å²) in [6.07, 6.45) is 1.17. The number of carbonyl (C=O) groups excluding carboxylic acids is 1. The third kappa shape index (κ3) is 3.45. The van der Waals surface area contributed by atoms with Crippen LogP contribution in [0.5, 0.6) is 0 Å². The second-order valence-corrected chi connectivity index (χ2v) is 3.64. The first-order valence-electron chi connectivity index (χ1n) is 5.16. The van der Waals surface area contributed by atoms with Crippen molar-refractivity contribution < 1.29 is 18.0 Å². The number of anilines is 1. The molecule has 0 bridgehead atoms. The monoisotopic (exact) mass is 246 g/mol. The summed E-state index contributed by atoms with van der Waals surface area (Å²) in [5.74, 6) is -4.84. The van der Waals surface area contributed by atoms with Crippen molar-refractivity contribution >= 4 is 11.6 Å². The van der Waals surface area contributed by atoms with E-state index in [4.69, 9.17) is 5.73 Å². The van der Waals surface area contributed by atoms with E-state index < -0.39 is 29.4 Å². The van der Waals surface area contributed by atoms with Crippen molar-refractivity contribution in [3.05, 3.63) is 29.6 Å². The second kappa shape index (κ2) is 5.67. The summed E-state index contributed by atoms with van der Waals surface area (Å²) in [4.78, 5) is 11.4. The second-order valence-electron chi connectivity index (χ2n) is 3.64. The zero-order valence-electron chi connectivity index (χ0n) is 9.27. The number of rotatable bonds is 4. The fourth-order valence-corrected chi connectivity index (χ4v) is 1.30. The lowest BCUT2D eigenvalue weighted by atomic mass is 10.1. The maximum absolute atomic E-state index is 12.8. The minimum absolute atomic E-state index is 0.155. The highest BCUT2D eigenvalue weighted by Crippen LogP contribution is 2.17. The molecule has 0 spiro atoms. The molecule has 0 aliphatic rings. The number of halogens is 3. The number of hydrogen-bond donors (Lipinski definition) is 2. The van der Waals surface area contributed by atoms with Crippen LogP contribution in [0.25, 0.3) is 0 Å². The molecular formula is C11H13F3N2O. The molecule has 94 valence electrons. The van der Waals surface area contributed by atoms with Crippen LogP contribution in [0.1, 0.15) is 19.8 Å². The van der Waals surface area contributed by atoms with Crippen molar-refractivity contribution in [1.82, 2.24) is 0 Å². The zero-order chi connectivity index (χ0) is 13.0. The van der Waals surface area contributed by atoms with E-state index in [1.807, 2.05) is 6.92 Å². The molecule has 17 heavy (non-hydrogen) atoms. The molecule has 0 fully saturated rings. The summed E-state index contributed by atoms with van der Waals surface area (Å²) >= 11 is 0. The summed E-state index contributed by atoms with van der Waals surface area (Å²) in [6, 6.07) is 0.653. The zero-order valence-corrected chi connectivity index (χ0v) is 9.27. The SMILES string of the molecule is CCCC(N)C(=O)Nc1cc(F)c(F)c(F)c1. The van der Waals surface area contributed by atoms with Gasteiger partial charge in [-0.05, 0) is 6.42 Å². The molecule has 1 unspecified atom stereocenters. The average Bonchev–Trinajstić information content (AvgIpc) is 2.26. The van der Waals surface area contributed by atoms with Crippen LogP contribution >= 0.6 is 0 Å². The van der Waals surface area contributed by atoms with E-state index in [-0.39, 0.29) is 5.69 Å². The number of nitrogens with two attached hydrogens (primary N) is 1. The van der Waals surface area contributed by atoms with Gasteiger partial charge < -0.3 is 11.1 Å². The summed E-state index contributed by atoms with van der Waals surface area (Å²) in [5.41, 5.74) is 5.35. The summed E-state index contributed by atoms with van der Waals surface area (Å²) in [5, 5.41) is 2.22. The predicted molar refractivity (Wildman–Crippen MR) is 57.8 cm³/mol. The molecule has 0 saturated heterocycles. The molecule has 0 aromatic heterocycles. The van der Waals surface area contributed by atoms with E-state index in [9.17, 15) is 18.0 Å². The number of benzene rings is 1. The fourth-order valence-electron chi connectivity index (χ4n) is 1.30. The van der Waals surface area contributed by atoms with Crippen molar-refractivity contribution in [2.75, 3.05) is 5.32 Å². The first-order chi connectivity index (χ1) is 7.95. The van der Waals surface area contributed by atoms with Gasteiger partial charge in [0.15, 0.2) is 17.5 Å². The van der Waals surface area contributed by atoms with Crippen LogP contribution in [-0.2, 0) is 4.79 Å². The first-order valence-corrected chi connectivity index (χ1v) is 5.16. The van der Waals surface area contributed by atoms with Crippen LogP contribution in [-0.4, -0.2) is 11.9 Å². The Morgan fingerprint density at radius 2 is 1.88 bits per heavy atom. The van der Waals surface area contributed by atoms with Gasteiger partial charge in [0.2, 0.25) is 5.91 Å². The molecule has 0 radical (unpaired) electrons. The predicted octanol–water partition coefficient (Wildman–Crippen LogP) is 2.17. The van der Waals surface area contributed by atoms with Gasteiger partial charge in [0, 0.05) is 17.8 Å². The highest BCUT2D eigenvalue weighted by Gasteiger charge is 2.15. The Kier molecular flexibility index (Phi) is 4.51. The highest BCUT2D eigenvalue weighted by molar-refractivity contribution is 5.94. The lowest BCUT2D eigenvalue weighted by Crippen LogP contribution is -2.35. The van der Waals surface area contributed by atoms with E-state index in [2.05, 4.69) is 5.32 Å². The molecule has 0 saturated carbocycles. The third-order valence-corrected chi connectivity index (χ3v) is 2.19.